The van der Waals surface area contributed by atoms with E-state index in [1.807, 2.05) is 0 Å². The van der Waals surface area contributed by atoms with Crippen LogP contribution in [0.25, 0.3) is 0 Å². The summed E-state index contributed by atoms with van der Waals surface area (Å²) < 4.78 is 29.5. The van der Waals surface area contributed by atoms with E-state index in [2.05, 4.69) is 38.8 Å². The van der Waals surface area contributed by atoms with Gasteiger partial charge in [0.1, 0.15) is 5.75 Å². The zero-order chi connectivity index (χ0) is 15.9. The molecule has 2 N–H and O–H groups in total. The Morgan fingerprint density at radius 3 is 2.10 bits per heavy atom. The van der Waals surface area contributed by atoms with Crippen molar-refractivity contribution in [3.63, 3.8) is 0 Å². The van der Waals surface area contributed by atoms with Crippen LogP contribution in [0.1, 0.15) is 45.4 Å². The topological polar surface area (TPSA) is 69.4 Å². The zero-order valence-corrected chi connectivity index (χ0v) is 16.1. The van der Waals surface area contributed by atoms with Gasteiger partial charge in [0.05, 0.1) is 20.4 Å². The van der Waals surface area contributed by atoms with Gasteiger partial charge in [-0.1, -0.05) is 39.0 Å². The molecule has 0 radical (unpaired) electrons. The number of primary sulfonamides is 1. The van der Waals surface area contributed by atoms with Crippen molar-refractivity contribution >= 4 is 41.9 Å². The third kappa shape index (κ3) is 6.67. The average Bonchev–Trinajstić information content (AvgIpc) is 2.39. The lowest BCUT2D eigenvalue weighted by molar-refractivity contribution is 0.300. The molecule has 1 aromatic carbocycles. The van der Waals surface area contributed by atoms with Crippen LogP contribution in [-0.2, 0) is 10.0 Å². The van der Waals surface area contributed by atoms with E-state index in [9.17, 15) is 8.42 Å². The van der Waals surface area contributed by atoms with Crippen LogP contribution in [0, 0.1) is 0 Å². The Kier molecular flexibility index (Phi) is 8.23. The number of ether oxygens (including phenoxy) is 1. The highest BCUT2D eigenvalue weighted by Gasteiger charge is 2.15. The highest BCUT2D eigenvalue weighted by Crippen LogP contribution is 2.35. The molecule has 0 fully saturated rings. The second kappa shape index (κ2) is 9.12. The molecule has 21 heavy (non-hydrogen) atoms. The summed E-state index contributed by atoms with van der Waals surface area (Å²) in [5.74, 6) is 0.607. The summed E-state index contributed by atoms with van der Waals surface area (Å²) in [6, 6.07) is 2.91. The molecule has 0 aliphatic carbocycles. The van der Waals surface area contributed by atoms with E-state index in [0.29, 0.717) is 21.3 Å². The van der Waals surface area contributed by atoms with E-state index in [0.717, 1.165) is 12.8 Å². The first-order valence-electron chi connectivity index (χ1n) is 7.01. The predicted molar refractivity (Wildman–Crippen MR) is 92.1 cm³/mol. The highest BCUT2D eigenvalue weighted by atomic mass is 79.9. The number of hydrogen-bond donors (Lipinski definition) is 1. The number of benzene rings is 1. The van der Waals surface area contributed by atoms with Gasteiger partial charge in [0.15, 0.2) is 0 Å². The fourth-order valence-corrected chi connectivity index (χ4v) is 4.18. The van der Waals surface area contributed by atoms with Gasteiger partial charge in [-0.3, -0.25) is 0 Å². The molecular formula is C14H21Br2NO3S. The van der Waals surface area contributed by atoms with Crippen LogP contribution < -0.4 is 9.88 Å². The molecule has 1 aromatic rings. The van der Waals surface area contributed by atoms with Gasteiger partial charge in [0.2, 0.25) is 10.0 Å². The molecular weight excluding hydrogens is 422 g/mol. The Labute approximate surface area is 143 Å². The van der Waals surface area contributed by atoms with Crippen molar-refractivity contribution in [1.29, 1.82) is 0 Å². The van der Waals surface area contributed by atoms with Gasteiger partial charge < -0.3 is 4.74 Å². The van der Waals surface area contributed by atoms with E-state index in [1.54, 1.807) is 0 Å². The van der Waals surface area contributed by atoms with E-state index in [1.165, 1.54) is 37.8 Å². The van der Waals surface area contributed by atoms with Crippen molar-refractivity contribution in [2.45, 2.75) is 50.3 Å². The lowest BCUT2D eigenvalue weighted by atomic mass is 10.1. The quantitative estimate of drug-likeness (QED) is 0.568. The second-order valence-corrected chi connectivity index (χ2v) is 8.15. The van der Waals surface area contributed by atoms with Crippen LogP contribution in [0.3, 0.4) is 0 Å². The van der Waals surface area contributed by atoms with Crippen molar-refractivity contribution in [1.82, 2.24) is 0 Å². The number of sulfonamides is 1. The van der Waals surface area contributed by atoms with Gasteiger partial charge in [0.25, 0.3) is 0 Å². The molecule has 1 rings (SSSR count). The first-order chi connectivity index (χ1) is 9.86. The molecule has 0 heterocycles. The molecule has 120 valence electrons. The first kappa shape index (κ1) is 18.9. The maximum Gasteiger partial charge on any atom is 0.238 e. The van der Waals surface area contributed by atoms with Crippen LogP contribution in [0.15, 0.2) is 26.0 Å². The molecule has 0 spiro atoms. The number of hydrogen-bond acceptors (Lipinski definition) is 3. The Morgan fingerprint density at radius 1 is 1.05 bits per heavy atom. The third-order valence-corrected chi connectivity index (χ3v) is 5.12. The molecule has 0 amide bonds. The molecule has 4 nitrogen and oxygen atoms in total. The SMILES string of the molecule is CCCCCCCCOc1c(Br)cc(S(N)(=O)=O)cc1Br. The minimum absolute atomic E-state index is 0.0492. The normalized spacial score (nSPS) is 11.6. The monoisotopic (exact) mass is 441 g/mol. The zero-order valence-electron chi connectivity index (χ0n) is 12.1. The molecule has 0 aromatic heterocycles. The van der Waals surface area contributed by atoms with Crippen LogP contribution in [0.4, 0.5) is 0 Å². The van der Waals surface area contributed by atoms with Gasteiger partial charge in [-0.15, -0.1) is 0 Å². The largest absolute Gasteiger partial charge is 0.491 e. The van der Waals surface area contributed by atoms with Crippen molar-refractivity contribution < 1.29 is 13.2 Å². The van der Waals surface area contributed by atoms with E-state index >= 15 is 0 Å². The van der Waals surface area contributed by atoms with E-state index < -0.39 is 10.0 Å². The number of halogens is 2. The van der Waals surface area contributed by atoms with Crippen molar-refractivity contribution in [2.75, 3.05) is 6.61 Å². The van der Waals surface area contributed by atoms with Gasteiger partial charge in [-0.05, 0) is 50.4 Å². The van der Waals surface area contributed by atoms with Crippen LogP contribution >= 0.6 is 31.9 Å². The molecule has 0 unspecified atom stereocenters. The summed E-state index contributed by atoms with van der Waals surface area (Å²) in [6.45, 7) is 2.81. The lowest BCUT2D eigenvalue weighted by Gasteiger charge is -2.11. The summed E-state index contributed by atoms with van der Waals surface area (Å²) >= 11 is 6.64. The van der Waals surface area contributed by atoms with E-state index in [-0.39, 0.29) is 4.90 Å². The van der Waals surface area contributed by atoms with Crippen molar-refractivity contribution in [2.24, 2.45) is 5.14 Å². The fourth-order valence-electron chi connectivity index (χ4n) is 1.90. The summed E-state index contributed by atoms with van der Waals surface area (Å²) in [5, 5.41) is 5.11. The smallest absolute Gasteiger partial charge is 0.238 e. The second-order valence-electron chi connectivity index (χ2n) is 4.88. The molecule has 0 aliphatic rings. The molecule has 0 atom stereocenters. The maximum atomic E-state index is 11.3. The van der Waals surface area contributed by atoms with Gasteiger partial charge in [-0.2, -0.15) is 0 Å². The lowest BCUT2D eigenvalue weighted by Crippen LogP contribution is -2.12. The van der Waals surface area contributed by atoms with Crippen molar-refractivity contribution in [3.8, 4) is 5.75 Å². The maximum absolute atomic E-state index is 11.3. The number of rotatable bonds is 9. The van der Waals surface area contributed by atoms with Gasteiger partial charge in [0, 0.05) is 0 Å². The Balaban J connectivity index is 2.53. The third-order valence-electron chi connectivity index (χ3n) is 3.04. The minimum atomic E-state index is -3.72. The number of unbranched alkanes of at least 4 members (excludes halogenated alkanes) is 5. The fraction of sp³-hybridized carbons (Fsp3) is 0.571. The average molecular weight is 443 g/mol. The summed E-state index contributed by atoms with van der Waals surface area (Å²) in [4.78, 5) is 0.0492. The Morgan fingerprint density at radius 2 is 1.57 bits per heavy atom. The first-order valence-corrected chi connectivity index (χ1v) is 10.1. The van der Waals surface area contributed by atoms with Crippen molar-refractivity contribution in [3.05, 3.63) is 21.1 Å². The van der Waals surface area contributed by atoms with Gasteiger partial charge in [-0.25, -0.2) is 13.6 Å². The Bertz CT molecular complexity index is 538. The Hall–Kier alpha value is -0.110. The van der Waals surface area contributed by atoms with E-state index in [4.69, 9.17) is 9.88 Å². The molecule has 0 bridgehead atoms. The predicted octanol–water partition coefficient (Wildman–Crippen LogP) is 4.60. The highest BCUT2D eigenvalue weighted by molar-refractivity contribution is 9.11. The standard InChI is InChI=1S/C14H21Br2NO3S/c1-2-3-4-5-6-7-8-20-14-12(15)9-11(10-13(14)16)21(17,18)19/h9-10H,2-8H2,1H3,(H2,17,18,19). The molecule has 0 saturated carbocycles. The van der Waals surface area contributed by atoms with Crippen LogP contribution in [-0.4, -0.2) is 15.0 Å². The number of nitrogens with two attached hydrogens (primary N) is 1. The minimum Gasteiger partial charge on any atom is -0.491 e. The molecule has 0 aliphatic heterocycles. The van der Waals surface area contributed by atoms with Crippen LogP contribution in [0.5, 0.6) is 5.75 Å². The summed E-state index contributed by atoms with van der Waals surface area (Å²) in [5.41, 5.74) is 0. The molecule has 0 saturated heterocycles. The molecule has 7 heteroatoms. The summed E-state index contributed by atoms with van der Waals surface area (Å²) in [7, 11) is -3.72. The summed E-state index contributed by atoms with van der Waals surface area (Å²) in [6.07, 6.45) is 7.15. The van der Waals surface area contributed by atoms with Crippen LogP contribution in [0.2, 0.25) is 0 Å². The van der Waals surface area contributed by atoms with Gasteiger partial charge >= 0.3 is 0 Å².